The number of Topliss-reactive ketones (excluding diaryl/α,β-unsaturated/α-hetero) is 1. The molecule has 0 spiro atoms. The van der Waals surface area contributed by atoms with E-state index in [2.05, 4.69) is 6.92 Å². The second-order valence-corrected chi connectivity index (χ2v) is 5.51. The Morgan fingerprint density at radius 1 is 1.07 bits per heavy atom. The summed E-state index contributed by atoms with van der Waals surface area (Å²) in [6.07, 6.45) is 11.2. The standard InChI is InChI=1S/C14H24O/c1-2-11-7-9-12-5-3-4-6-13(12)14(15)10-8-11/h11-13H,2-10H2,1H3. The number of rotatable bonds is 1. The van der Waals surface area contributed by atoms with Gasteiger partial charge in [0.1, 0.15) is 5.78 Å². The molecule has 2 aliphatic carbocycles. The van der Waals surface area contributed by atoms with Crippen molar-refractivity contribution in [3.8, 4) is 0 Å². The lowest BCUT2D eigenvalue weighted by molar-refractivity contribution is -0.126. The van der Waals surface area contributed by atoms with Gasteiger partial charge in [-0.15, -0.1) is 0 Å². The fourth-order valence-electron chi connectivity index (χ4n) is 3.51. The van der Waals surface area contributed by atoms with E-state index in [9.17, 15) is 4.79 Å². The second kappa shape index (κ2) is 5.14. The van der Waals surface area contributed by atoms with E-state index in [1.807, 2.05) is 0 Å². The largest absolute Gasteiger partial charge is 0.299 e. The number of hydrogen-bond donors (Lipinski definition) is 0. The molecule has 0 aliphatic heterocycles. The Kier molecular flexibility index (Phi) is 3.82. The molecule has 2 saturated carbocycles. The van der Waals surface area contributed by atoms with Crippen LogP contribution >= 0.6 is 0 Å². The Hall–Kier alpha value is -0.330. The summed E-state index contributed by atoms with van der Waals surface area (Å²) in [6.45, 7) is 2.27. The molecule has 3 unspecified atom stereocenters. The van der Waals surface area contributed by atoms with Crippen molar-refractivity contribution in [3.05, 3.63) is 0 Å². The van der Waals surface area contributed by atoms with Crippen molar-refractivity contribution in [2.24, 2.45) is 17.8 Å². The van der Waals surface area contributed by atoms with Crippen molar-refractivity contribution in [2.75, 3.05) is 0 Å². The molecule has 15 heavy (non-hydrogen) atoms. The van der Waals surface area contributed by atoms with Crippen molar-refractivity contribution in [1.29, 1.82) is 0 Å². The van der Waals surface area contributed by atoms with Crippen LogP contribution in [0.15, 0.2) is 0 Å². The number of hydrogen-bond acceptors (Lipinski definition) is 1. The molecular weight excluding hydrogens is 184 g/mol. The van der Waals surface area contributed by atoms with Crippen LogP contribution in [0.5, 0.6) is 0 Å². The van der Waals surface area contributed by atoms with Gasteiger partial charge in [-0.1, -0.05) is 32.6 Å². The molecule has 0 heterocycles. The Labute approximate surface area is 93.6 Å². The summed E-state index contributed by atoms with van der Waals surface area (Å²) in [5.74, 6) is 2.63. The third kappa shape index (κ3) is 2.62. The molecule has 0 N–H and O–H groups in total. The fraction of sp³-hybridized carbons (Fsp3) is 0.929. The number of carbonyl (C=O) groups excluding carboxylic acids is 1. The summed E-state index contributed by atoms with van der Waals surface area (Å²) >= 11 is 0. The van der Waals surface area contributed by atoms with E-state index in [0.29, 0.717) is 11.7 Å². The molecule has 0 aromatic heterocycles. The van der Waals surface area contributed by atoms with Gasteiger partial charge in [0.15, 0.2) is 0 Å². The summed E-state index contributed by atoms with van der Waals surface area (Å²) < 4.78 is 0. The highest BCUT2D eigenvalue weighted by Gasteiger charge is 2.32. The second-order valence-electron chi connectivity index (χ2n) is 5.51. The quantitative estimate of drug-likeness (QED) is 0.637. The first kappa shape index (κ1) is 11.2. The fourth-order valence-corrected chi connectivity index (χ4v) is 3.51. The topological polar surface area (TPSA) is 17.1 Å². The summed E-state index contributed by atoms with van der Waals surface area (Å²) in [5, 5.41) is 0. The Bertz CT molecular complexity index is 221. The van der Waals surface area contributed by atoms with E-state index >= 15 is 0 Å². The smallest absolute Gasteiger partial charge is 0.136 e. The molecule has 2 aliphatic rings. The molecule has 0 aromatic rings. The van der Waals surface area contributed by atoms with Crippen molar-refractivity contribution < 1.29 is 4.79 Å². The van der Waals surface area contributed by atoms with Gasteiger partial charge in [0, 0.05) is 12.3 Å². The average molecular weight is 208 g/mol. The zero-order valence-corrected chi connectivity index (χ0v) is 10.0. The molecule has 2 rings (SSSR count). The molecule has 86 valence electrons. The minimum absolute atomic E-state index is 0.455. The molecule has 0 saturated heterocycles. The van der Waals surface area contributed by atoms with E-state index in [1.54, 1.807) is 0 Å². The maximum absolute atomic E-state index is 12.1. The van der Waals surface area contributed by atoms with Crippen LogP contribution < -0.4 is 0 Å². The van der Waals surface area contributed by atoms with Crippen LogP contribution in [0.4, 0.5) is 0 Å². The first-order valence-electron chi connectivity index (χ1n) is 6.84. The van der Waals surface area contributed by atoms with Gasteiger partial charge in [0.25, 0.3) is 0 Å². The Morgan fingerprint density at radius 3 is 2.67 bits per heavy atom. The third-order valence-electron chi connectivity index (χ3n) is 4.64. The summed E-state index contributed by atoms with van der Waals surface area (Å²) in [6, 6.07) is 0. The van der Waals surface area contributed by atoms with Crippen molar-refractivity contribution in [1.82, 2.24) is 0 Å². The average Bonchev–Trinajstić information content (AvgIpc) is 2.27. The SMILES string of the molecule is CCC1CCC(=O)C2CCCCC2CC1. The van der Waals surface area contributed by atoms with Gasteiger partial charge in [-0.2, -0.15) is 0 Å². The zero-order chi connectivity index (χ0) is 10.7. The number of fused-ring (bicyclic) bond motifs is 1. The first-order valence-corrected chi connectivity index (χ1v) is 6.84. The van der Waals surface area contributed by atoms with Crippen LogP contribution in [-0.2, 0) is 4.79 Å². The van der Waals surface area contributed by atoms with Crippen LogP contribution in [0.3, 0.4) is 0 Å². The van der Waals surface area contributed by atoms with Crippen molar-refractivity contribution in [3.63, 3.8) is 0 Å². The van der Waals surface area contributed by atoms with Gasteiger partial charge in [-0.25, -0.2) is 0 Å². The van der Waals surface area contributed by atoms with Crippen LogP contribution in [0.2, 0.25) is 0 Å². The van der Waals surface area contributed by atoms with E-state index in [-0.39, 0.29) is 0 Å². The third-order valence-corrected chi connectivity index (χ3v) is 4.64. The van der Waals surface area contributed by atoms with Crippen LogP contribution in [0.1, 0.15) is 64.7 Å². The lowest BCUT2D eigenvalue weighted by Gasteiger charge is -2.34. The summed E-state index contributed by atoms with van der Waals surface area (Å²) in [4.78, 5) is 12.1. The molecule has 0 aromatic carbocycles. The lowest BCUT2D eigenvalue weighted by atomic mass is 9.70. The van der Waals surface area contributed by atoms with Crippen LogP contribution in [-0.4, -0.2) is 5.78 Å². The Morgan fingerprint density at radius 2 is 1.87 bits per heavy atom. The zero-order valence-electron chi connectivity index (χ0n) is 10.0. The number of ketones is 1. The van der Waals surface area contributed by atoms with Crippen molar-refractivity contribution in [2.45, 2.75) is 64.7 Å². The molecule has 1 nitrogen and oxygen atoms in total. The summed E-state index contributed by atoms with van der Waals surface area (Å²) in [5.41, 5.74) is 0. The molecule has 2 fully saturated rings. The predicted molar refractivity (Wildman–Crippen MR) is 62.7 cm³/mol. The predicted octanol–water partition coefficient (Wildman–Crippen LogP) is 3.96. The molecule has 1 heteroatoms. The molecule has 0 bridgehead atoms. The van der Waals surface area contributed by atoms with Gasteiger partial charge in [0.2, 0.25) is 0 Å². The highest BCUT2D eigenvalue weighted by atomic mass is 16.1. The molecular formula is C14H24O. The minimum atomic E-state index is 0.455. The van der Waals surface area contributed by atoms with Gasteiger partial charge < -0.3 is 0 Å². The molecule has 0 amide bonds. The van der Waals surface area contributed by atoms with Crippen molar-refractivity contribution >= 4 is 5.78 Å². The van der Waals surface area contributed by atoms with Gasteiger partial charge in [-0.3, -0.25) is 4.79 Å². The maximum Gasteiger partial charge on any atom is 0.136 e. The van der Waals surface area contributed by atoms with Crippen LogP contribution in [0.25, 0.3) is 0 Å². The maximum atomic E-state index is 12.1. The normalized spacial score (nSPS) is 37.9. The van der Waals surface area contributed by atoms with Gasteiger partial charge in [-0.05, 0) is 37.5 Å². The van der Waals surface area contributed by atoms with Gasteiger partial charge >= 0.3 is 0 Å². The van der Waals surface area contributed by atoms with Crippen LogP contribution in [0, 0.1) is 17.8 Å². The molecule has 3 atom stereocenters. The minimum Gasteiger partial charge on any atom is -0.299 e. The molecule has 0 radical (unpaired) electrons. The Balaban J connectivity index is 2.00. The highest BCUT2D eigenvalue weighted by Crippen LogP contribution is 2.38. The van der Waals surface area contributed by atoms with E-state index < -0.39 is 0 Å². The number of carbonyl (C=O) groups is 1. The summed E-state index contributed by atoms with van der Waals surface area (Å²) in [7, 11) is 0. The monoisotopic (exact) mass is 208 g/mol. The van der Waals surface area contributed by atoms with E-state index in [1.165, 1.54) is 51.4 Å². The highest BCUT2D eigenvalue weighted by molar-refractivity contribution is 5.81. The first-order chi connectivity index (χ1) is 7.31. The van der Waals surface area contributed by atoms with E-state index in [4.69, 9.17) is 0 Å². The van der Waals surface area contributed by atoms with Gasteiger partial charge in [0.05, 0.1) is 0 Å². The van der Waals surface area contributed by atoms with E-state index in [0.717, 1.165) is 18.3 Å². The lowest BCUT2D eigenvalue weighted by Crippen LogP contribution is -2.29.